The SMILES string of the molecule is Cc1cccc(Nc2ccnc(C(=O)Nc3c(F)cccc3F)c2)c1. The van der Waals surface area contributed by atoms with E-state index in [4.69, 9.17) is 0 Å². The van der Waals surface area contributed by atoms with Gasteiger partial charge >= 0.3 is 0 Å². The number of amides is 1. The Hall–Kier alpha value is -3.28. The van der Waals surface area contributed by atoms with Gasteiger partial charge in [0.1, 0.15) is 23.0 Å². The molecule has 6 heteroatoms. The molecule has 126 valence electrons. The lowest BCUT2D eigenvalue weighted by Gasteiger charge is -2.10. The number of aromatic nitrogens is 1. The zero-order valence-corrected chi connectivity index (χ0v) is 13.4. The molecule has 1 amide bonds. The Balaban J connectivity index is 1.80. The summed E-state index contributed by atoms with van der Waals surface area (Å²) >= 11 is 0. The number of rotatable bonds is 4. The second-order valence-electron chi connectivity index (χ2n) is 5.48. The van der Waals surface area contributed by atoms with Gasteiger partial charge in [-0.05, 0) is 48.9 Å². The number of halogens is 2. The second kappa shape index (κ2) is 7.09. The van der Waals surface area contributed by atoms with Crippen LogP contribution < -0.4 is 10.6 Å². The van der Waals surface area contributed by atoms with E-state index in [9.17, 15) is 13.6 Å². The first-order valence-corrected chi connectivity index (χ1v) is 7.58. The number of nitrogens with one attached hydrogen (secondary N) is 2. The first-order valence-electron chi connectivity index (χ1n) is 7.58. The molecule has 2 aromatic carbocycles. The minimum atomic E-state index is -0.845. The fourth-order valence-corrected chi connectivity index (χ4v) is 2.32. The Morgan fingerprint density at radius 3 is 2.36 bits per heavy atom. The standard InChI is InChI=1S/C19H15F2N3O/c1-12-4-2-5-13(10-12)23-14-8-9-22-17(11-14)19(25)24-18-15(20)6-3-7-16(18)21/h2-11H,1H3,(H,22,23)(H,24,25). The van der Waals surface area contributed by atoms with Crippen LogP contribution in [0.15, 0.2) is 60.8 Å². The molecule has 3 aromatic rings. The highest BCUT2D eigenvalue weighted by Gasteiger charge is 2.14. The Kier molecular flexibility index (Phi) is 4.70. The zero-order valence-electron chi connectivity index (χ0n) is 13.4. The first kappa shape index (κ1) is 16.6. The second-order valence-corrected chi connectivity index (χ2v) is 5.48. The topological polar surface area (TPSA) is 54.0 Å². The van der Waals surface area contributed by atoms with Gasteiger partial charge < -0.3 is 10.6 Å². The van der Waals surface area contributed by atoms with Crippen molar-refractivity contribution in [1.82, 2.24) is 4.98 Å². The van der Waals surface area contributed by atoms with E-state index in [1.54, 1.807) is 6.07 Å². The summed E-state index contributed by atoms with van der Waals surface area (Å²) in [6, 6.07) is 14.3. The quantitative estimate of drug-likeness (QED) is 0.727. The van der Waals surface area contributed by atoms with Gasteiger partial charge in [-0.3, -0.25) is 9.78 Å². The molecule has 1 heterocycles. The third kappa shape index (κ3) is 3.98. The number of aryl methyl sites for hydroxylation is 1. The molecule has 0 fully saturated rings. The molecule has 0 saturated carbocycles. The van der Waals surface area contributed by atoms with Crippen LogP contribution in [-0.2, 0) is 0 Å². The van der Waals surface area contributed by atoms with Crippen molar-refractivity contribution < 1.29 is 13.6 Å². The molecule has 0 aliphatic carbocycles. The predicted octanol–water partition coefficient (Wildman–Crippen LogP) is 4.66. The fraction of sp³-hybridized carbons (Fsp3) is 0.0526. The largest absolute Gasteiger partial charge is 0.355 e. The molecule has 0 saturated heterocycles. The average molecular weight is 339 g/mol. The molecule has 25 heavy (non-hydrogen) atoms. The van der Waals surface area contributed by atoms with Gasteiger partial charge in [0.25, 0.3) is 5.91 Å². The van der Waals surface area contributed by atoms with E-state index in [0.717, 1.165) is 23.4 Å². The third-order valence-electron chi connectivity index (χ3n) is 3.50. The molecular formula is C19H15F2N3O. The van der Waals surface area contributed by atoms with Crippen molar-refractivity contribution in [2.75, 3.05) is 10.6 Å². The molecular weight excluding hydrogens is 324 g/mol. The summed E-state index contributed by atoms with van der Waals surface area (Å²) in [6.45, 7) is 1.97. The van der Waals surface area contributed by atoms with Gasteiger partial charge in [0, 0.05) is 17.6 Å². The summed E-state index contributed by atoms with van der Waals surface area (Å²) in [5.74, 6) is -2.39. The van der Waals surface area contributed by atoms with Crippen LogP contribution in [0.5, 0.6) is 0 Å². The number of nitrogens with zero attached hydrogens (tertiary/aromatic N) is 1. The zero-order chi connectivity index (χ0) is 17.8. The molecule has 3 rings (SSSR count). The molecule has 0 bridgehead atoms. The molecule has 0 radical (unpaired) electrons. The molecule has 0 aliphatic heterocycles. The van der Waals surface area contributed by atoms with Gasteiger partial charge in [-0.25, -0.2) is 8.78 Å². The summed E-state index contributed by atoms with van der Waals surface area (Å²) in [5.41, 5.74) is 2.14. The number of hydrogen-bond donors (Lipinski definition) is 2. The molecule has 4 nitrogen and oxygen atoms in total. The Morgan fingerprint density at radius 2 is 1.64 bits per heavy atom. The minimum Gasteiger partial charge on any atom is -0.355 e. The lowest BCUT2D eigenvalue weighted by atomic mass is 10.2. The lowest BCUT2D eigenvalue weighted by Crippen LogP contribution is -2.16. The highest BCUT2D eigenvalue weighted by atomic mass is 19.1. The number of carbonyl (C=O) groups is 1. The van der Waals surface area contributed by atoms with E-state index >= 15 is 0 Å². The molecule has 0 aliphatic rings. The van der Waals surface area contributed by atoms with Gasteiger partial charge in [0.05, 0.1) is 0 Å². The van der Waals surface area contributed by atoms with E-state index in [-0.39, 0.29) is 5.69 Å². The average Bonchev–Trinajstić information content (AvgIpc) is 2.58. The highest BCUT2D eigenvalue weighted by molar-refractivity contribution is 6.03. The van der Waals surface area contributed by atoms with Crippen molar-refractivity contribution in [2.24, 2.45) is 0 Å². The smallest absolute Gasteiger partial charge is 0.274 e. The van der Waals surface area contributed by atoms with Crippen LogP contribution in [0.25, 0.3) is 0 Å². The van der Waals surface area contributed by atoms with Crippen LogP contribution in [-0.4, -0.2) is 10.9 Å². The maximum absolute atomic E-state index is 13.6. The van der Waals surface area contributed by atoms with E-state index < -0.39 is 23.2 Å². The van der Waals surface area contributed by atoms with E-state index in [1.807, 2.05) is 31.2 Å². The summed E-state index contributed by atoms with van der Waals surface area (Å²) in [7, 11) is 0. The number of para-hydroxylation sites is 1. The van der Waals surface area contributed by atoms with Crippen LogP contribution >= 0.6 is 0 Å². The van der Waals surface area contributed by atoms with E-state index in [2.05, 4.69) is 15.6 Å². The van der Waals surface area contributed by atoms with Gasteiger partial charge in [-0.15, -0.1) is 0 Å². The maximum atomic E-state index is 13.6. The monoisotopic (exact) mass is 339 g/mol. The van der Waals surface area contributed by atoms with Gasteiger partial charge in [0.15, 0.2) is 0 Å². The number of pyridine rings is 1. The summed E-state index contributed by atoms with van der Waals surface area (Å²) in [5, 5.41) is 5.37. The molecule has 0 atom stereocenters. The van der Waals surface area contributed by atoms with Crippen molar-refractivity contribution >= 4 is 23.0 Å². The number of carbonyl (C=O) groups excluding carboxylic acids is 1. The van der Waals surface area contributed by atoms with Crippen LogP contribution in [0, 0.1) is 18.6 Å². The summed E-state index contributed by atoms with van der Waals surface area (Å²) in [4.78, 5) is 16.2. The normalized spacial score (nSPS) is 10.4. The van der Waals surface area contributed by atoms with Crippen LogP contribution in [0.3, 0.4) is 0 Å². The summed E-state index contributed by atoms with van der Waals surface area (Å²) in [6.07, 6.45) is 1.45. The highest BCUT2D eigenvalue weighted by Crippen LogP contribution is 2.21. The number of hydrogen-bond acceptors (Lipinski definition) is 3. The van der Waals surface area contributed by atoms with Crippen LogP contribution in [0.1, 0.15) is 16.1 Å². The minimum absolute atomic E-state index is 0.0420. The van der Waals surface area contributed by atoms with Gasteiger partial charge in [-0.1, -0.05) is 18.2 Å². The van der Waals surface area contributed by atoms with Crippen LogP contribution in [0.4, 0.5) is 25.8 Å². The van der Waals surface area contributed by atoms with E-state index in [1.165, 1.54) is 18.3 Å². The molecule has 1 aromatic heterocycles. The van der Waals surface area contributed by atoms with E-state index in [0.29, 0.717) is 5.69 Å². The maximum Gasteiger partial charge on any atom is 0.274 e. The Morgan fingerprint density at radius 1 is 0.960 bits per heavy atom. The third-order valence-corrected chi connectivity index (χ3v) is 3.50. The van der Waals surface area contributed by atoms with Gasteiger partial charge in [-0.2, -0.15) is 0 Å². The fourth-order valence-electron chi connectivity index (χ4n) is 2.32. The van der Waals surface area contributed by atoms with Gasteiger partial charge in [0.2, 0.25) is 0 Å². The Bertz CT molecular complexity index is 908. The number of anilines is 3. The molecule has 0 unspecified atom stereocenters. The van der Waals surface area contributed by atoms with Crippen molar-refractivity contribution in [3.05, 3.63) is 83.7 Å². The Labute approximate surface area is 143 Å². The predicted molar refractivity (Wildman–Crippen MR) is 93.0 cm³/mol. The van der Waals surface area contributed by atoms with Crippen LogP contribution in [0.2, 0.25) is 0 Å². The molecule has 0 spiro atoms. The van der Waals surface area contributed by atoms with Crippen molar-refractivity contribution in [3.63, 3.8) is 0 Å². The lowest BCUT2D eigenvalue weighted by molar-refractivity contribution is 0.102. The summed E-state index contributed by atoms with van der Waals surface area (Å²) < 4.78 is 27.3. The first-order chi connectivity index (χ1) is 12.0. The molecule has 2 N–H and O–H groups in total. The van der Waals surface area contributed by atoms with Crippen molar-refractivity contribution in [1.29, 1.82) is 0 Å². The van der Waals surface area contributed by atoms with Crippen molar-refractivity contribution in [3.8, 4) is 0 Å². The van der Waals surface area contributed by atoms with Crippen molar-refractivity contribution in [2.45, 2.75) is 6.92 Å². The number of benzene rings is 2.